The number of hydrogen-bond acceptors (Lipinski definition) is 4. The van der Waals surface area contributed by atoms with Crippen LogP contribution < -0.4 is 10.6 Å². The summed E-state index contributed by atoms with van der Waals surface area (Å²) < 4.78 is 0. The van der Waals surface area contributed by atoms with Crippen LogP contribution in [0.2, 0.25) is 0 Å². The molecule has 3 rings (SSSR count). The number of nitrogens with one attached hydrogen (secondary N) is 2. The summed E-state index contributed by atoms with van der Waals surface area (Å²) in [5.41, 5.74) is 2.83. The van der Waals surface area contributed by atoms with Crippen molar-refractivity contribution in [1.82, 2.24) is 20.4 Å². The number of rotatable bonds is 5. The van der Waals surface area contributed by atoms with Crippen molar-refractivity contribution >= 4 is 5.91 Å². The number of hydrogen-bond donors (Lipinski definition) is 2. The zero-order valence-electron chi connectivity index (χ0n) is 14.9. The molecule has 2 aliphatic heterocycles. The van der Waals surface area contributed by atoms with E-state index in [0.717, 1.165) is 45.4 Å². The molecule has 5 heteroatoms. The predicted octanol–water partition coefficient (Wildman–Crippen LogP) is 0.843. The van der Waals surface area contributed by atoms with Gasteiger partial charge >= 0.3 is 0 Å². The molecule has 1 fully saturated rings. The predicted molar refractivity (Wildman–Crippen MR) is 96.9 cm³/mol. The van der Waals surface area contributed by atoms with Gasteiger partial charge in [0.25, 0.3) is 0 Å². The van der Waals surface area contributed by atoms with Gasteiger partial charge < -0.3 is 10.6 Å². The molecule has 1 aromatic rings. The number of carbonyl (C=O) groups excluding carboxylic acids is 1. The Morgan fingerprint density at radius 2 is 2.00 bits per heavy atom. The summed E-state index contributed by atoms with van der Waals surface area (Å²) >= 11 is 0. The van der Waals surface area contributed by atoms with E-state index >= 15 is 0 Å². The summed E-state index contributed by atoms with van der Waals surface area (Å²) in [5, 5.41) is 6.52. The average molecular weight is 330 g/mol. The van der Waals surface area contributed by atoms with Crippen molar-refractivity contribution in [1.29, 1.82) is 0 Å². The minimum Gasteiger partial charge on any atom is -0.353 e. The van der Waals surface area contributed by atoms with Crippen molar-refractivity contribution in [2.45, 2.75) is 37.9 Å². The Balaban J connectivity index is 1.46. The summed E-state index contributed by atoms with van der Waals surface area (Å²) in [6, 6.07) is 9.53. The number of likely N-dealkylation sites (N-methyl/N-ethyl adjacent to an activating group) is 2. The highest BCUT2D eigenvalue weighted by Gasteiger charge is 2.24. The SMILES string of the molecule is CN(CC(=O)NC[C@H]1Cc2ccccc2CN1C)C1CCNCC1. The zero-order chi connectivity index (χ0) is 16.9. The van der Waals surface area contributed by atoms with Crippen LogP contribution >= 0.6 is 0 Å². The average Bonchev–Trinajstić information content (AvgIpc) is 2.60. The van der Waals surface area contributed by atoms with Crippen molar-refractivity contribution in [2.75, 3.05) is 40.3 Å². The first-order valence-electron chi connectivity index (χ1n) is 9.08. The Morgan fingerprint density at radius 3 is 2.75 bits per heavy atom. The lowest BCUT2D eigenvalue weighted by molar-refractivity contribution is -0.122. The number of fused-ring (bicyclic) bond motifs is 1. The molecular weight excluding hydrogens is 300 g/mol. The Labute approximate surface area is 145 Å². The van der Waals surface area contributed by atoms with Gasteiger partial charge in [0.05, 0.1) is 6.54 Å². The number of carbonyl (C=O) groups is 1. The molecule has 0 spiro atoms. The van der Waals surface area contributed by atoms with E-state index in [-0.39, 0.29) is 5.91 Å². The van der Waals surface area contributed by atoms with Gasteiger partial charge in [0, 0.05) is 25.2 Å². The Kier molecular flexibility index (Phi) is 5.87. The summed E-state index contributed by atoms with van der Waals surface area (Å²) in [4.78, 5) is 16.9. The van der Waals surface area contributed by atoms with Gasteiger partial charge in [-0.15, -0.1) is 0 Å². The van der Waals surface area contributed by atoms with Crippen molar-refractivity contribution in [3.05, 3.63) is 35.4 Å². The first-order valence-corrected chi connectivity index (χ1v) is 9.08. The molecule has 0 radical (unpaired) electrons. The zero-order valence-corrected chi connectivity index (χ0v) is 14.9. The maximum Gasteiger partial charge on any atom is 0.234 e. The van der Waals surface area contributed by atoms with Crippen LogP contribution in [0, 0.1) is 0 Å². The normalized spacial score (nSPS) is 22.4. The van der Waals surface area contributed by atoms with Crippen LogP contribution in [0.1, 0.15) is 24.0 Å². The van der Waals surface area contributed by atoms with Crippen LogP contribution in [0.15, 0.2) is 24.3 Å². The molecule has 0 aromatic heterocycles. The second-order valence-corrected chi connectivity index (χ2v) is 7.24. The molecule has 1 atom stereocenters. The van der Waals surface area contributed by atoms with E-state index in [2.05, 4.69) is 58.8 Å². The van der Waals surface area contributed by atoms with E-state index in [4.69, 9.17) is 0 Å². The number of piperidine rings is 1. The lowest BCUT2D eigenvalue weighted by atomic mass is 9.94. The fourth-order valence-corrected chi connectivity index (χ4v) is 3.84. The van der Waals surface area contributed by atoms with E-state index in [0.29, 0.717) is 18.6 Å². The van der Waals surface area contributed by atoms with Gasteiger partial charge in [-0.05, 0) is 57.6 Å². The maximum atomic E-state index is 12.3. The van der Waals surface area contributed by atoms with Gasteiger partial charge in [0.1, 0.15) is 0 Å². The molecular formula is C19H30N4O. The van der Waals surface area contributed by atoms with Gasteiger partial charge in [0.2, 0.25) is 5.91 Å². The van der Waals surface area contributed by atoms with E-state index < -0.39 is 0 Å². The summed E-state index contributed by atoms with van der Waals surface area (Å²) in [7, 11) is 4.21. The number of benzene rings is 1. The van der Waals surface area contributed by atoms with Gasteiger partial charge in [-0.3, -0.25) is 14.6 Å². The molecule has 0 saturated carbocycles. The number of nitrogens with zero attached hydrogens (tertiary/aromatic N) is 2. The van der Waals surface area contributed by atoms with E-state index in [9.17, 15) is 4.79 Å². The third-order valence-corrected chi connectivity index (χ3v) is 5.48. The van der Waals surface area contributed by atoms with Crippen molar-refractivity contribution in [2.24, 2.45) is 0 Å². The van der Waals surface area contributed by atoms with E-state index in [1.165, 1.54) is 11.1 Å². The fraction of sp³-hybridized carbons (Fsp3) is 0.632. The van der Waals surface area contributed by atoms with Crippen LogP contribution in [0.4, 0.5) is 0 Å². The Bertz CT molecular complexity index is 556. The molecule has 2 N–H and O–H groups in total. The highest BCUT2D eigenvalue weighted by Crippen LogP contribution is 2.21. The largest absolute Gasteiger partial charge is 0.353 e. The lowest BCUT2D eigenvalue weighted by Gasteiger charge is -2.34. The van der Waals surface area contributed by atoms with Crippen molar-refractivity contribution in [3.8, 4) is 0 Å². The van der Waals surface area contributed by atoms with Gasteiger partial charge in [-0.25, -0.2) is 0 Å². The molecule has 24 heavy (non-hydrogen) atoms. The Hall–Kier alpha value is -1.43. The molecule has 0 bridgehead atoms. The van der Waals surface area contributed by atoms with Crippen LogP contribution in [0.3, 0.4) is 0 Å². The van der Waals surface area contributed by atoms with Gasteiger partial charge in [-0.1, -0.05) is 24.3 Å². The molecule has 0 aliphatic carbocycles. The molecule has 0 unspecified atom stereocenters. The summed E-state index contributed by atoms with van der Waals surface area (Å²) in [5.74, 6) is 0.142. The first kappa shape index (κ1) is 17.4. The first-order chi connectivity index (χ1) is 11.6. The minimum absolute atomic E-state index is 0.142. The third-order valence-electron chi connectivity index (χ3n) is 5.48. The highest BCUT2D eigenvalue weighted by molar-refractivity contribution is 5.78. The highest BCUT2D eigenvalue weighted by atomic mass is 16.2. The smallest absolute Gasteiger partial charge is 0.234 e. The van der Waals surface area contributed by atoms with Crippen LogP contribution in [-0.2, 0) is 17.8 Å². The molecule has 1 aromatic carbocycles. The molecule has 2 heterocycles. The fourth-order valence-electron chi connectivity index (χ4n) is 3.84. The second kappa shape index (κ2) is 8.10. The quantitative estimate of drug-likeness (QED) is 0.840. The molecule has 2 aliphatic rings. The van der Waals surface area contributed by atoms with Gasteiger partial charge in [-0.2, -0.15) is 0 Å². The van der Waals surface area contributed by atoms with E-state index in [1.54, 1.807) is 0 Å². The Morgan fingerprint density at radius 1 is 1.29 bits per heavy atom. The minimum atomic E-state index is 0.142. The van der Waals surface area contributed by atoms with Crippen LogP contribution in [0.25, 0.3) is 0 Å². The molecule has 1 saturated heterocycles. The summed E-state index contributed by atoms with van der Waals surface area (Å²) in [6.45, 7) is 4.30. The lowest BCUT2D eigenvalue weighted by Crippen LogP contribution is -2.49. The monoisotopic (exact) mass is 330 g/mol. The second-order valence-electron chi connectivity index (χ2n) is 7.24. The maximum absolute atomic E-state index is 12.3. The molecule has 132 valence electrons. The topological polar surface area (TPSA) is 47.6 Å². The third kappa shape index (κ3) is 4.35. The molecule has 1 amide bonds. The molecule has 5 nitrogen and oxygen atoms in total. The van der Waals surface area contributed by atoms with Crippen molar-refractivity contribution in [3.63, 3.8) is 0 Å². The summed E-state index contributed by atoms with van der Waals surface area (Å²) in [6.07, 6.45) is 3.27. The standard InChI is InChI=1S/C19H30N4O/c1-22-13-16-6-4-3-5-15(16)11-18(22)12-21-19(24)14-23(2)17-7-9-20-10-8-17/h3-6,17-18,20H,7-14H2,1-2H3,(H,21,24)/t18-/m1/s1. The van der Waals surface area contributed by atoms with Crippen LogP contribution in [-0.4, -0.2) is 68.1 Å². The van der Waals surface area contributed by atoms with Gasteiger partial charge in [0.15, 0.2) is 0 Å². The van der Waals surface area contributed by atoms with Crippen molar-refractivity contribution < 1.29 is 4.79 Å². The van der Waals surface area contributed by atoms with Crippen LogP contribution in [0.5, 0.6) is 0 Å². The number of amides is 1. The van der Waals surface area contributed by atoms with E-state index in [1.807, 2.05) is 0 Å².